The summed E-state index contributed by atoms with van der Waals surface area (Å²) in [6.45, 7) is 7.63. The van der Waals surface area contributed by atoms with Gasteiger partial charge in [0, 0.05) is 30.1 Å². The molecule has 1 aliphatic rings. The summed E-state index contributed by atoms with van der Waals surface area (Å²) in [5.41, 5.74) is 5.09. The second kappa shape index (κ2) is 9.84. The van der Waals surface area contributed by atoms with E-state index in [1.54, 1.807) is 10.6 Å². The lowest BCUT2D eigenvalue weighted by atomic mass is 10.2. The molecule has 4 aromatic rings. The smallest absolute Gasteiger partial charge is 0.266 e. The molecule has 0 radical (unpaired) electrons. The zero-order valence-corrected chi connectivity index (χ0v) is 21.1. The van der Waals surface area contributed by atoms with Crippen molar-refractivity contribution in [2.75, 3.05) is 12.4 Å². The van der Waals surface area contributed by atoms with Crippen LogP contribution in [0.4, 0.5) is 0 Å². The molecule has 35 heavy (non-hydrogen) atoms. The number of hydrogen-bond acceptors (Lipinski definition) is 5. The summed E-state index contributed by atoms with van der Waals surface area (Å²) in [7, 11) is 0. The molecule has 2 aromatic heterocycles. The molecule has 6 nitrogen and oxygen atoms in total. The maximum Gasteiger partial charge on any atom is 0.266 e. The topological polar surface area (TPSA) is 66.1 Å². The highest BCUT2D eigenvalue weighted by atomic mass is 32.2. The number of hydrogen-bond donors (Lipinski definition) is 0. The van der Waals surface area contributed by atoms with Gasteiger partial charge < -0.3 is 9.30 Å². The second-order valence-electron chi connectivity index (χ2n) is 9.13. The summed E-state index contributed by atoms with van der Waals surface area (Å²) in [6.07, 6.45) is 2.36. The van der Waals surface area contributed by atoms with Crippen molar-refractivity contribution in [3.05, 3.63) is 87.5 Å². The van der Waals surface area contributed by atoms with E-state index in [0.29, 0.717) is 16.1 Å². The van der Waals surface area contributed by atoms with Crippen LogP contribution in [0.3, 0.4) is 0 Å². The zero-order valence-electron chi connectivity index (χ0n) is 20.3. The molecule has 180 valence electrons. The number of para-hydroxylation sites is 1. The summed E-state index contributed by atoms with van der Waals surface area (Å²) in [5, 5.41) is 1.07. The van der Waals surface area contributed by atoms with Crippen molar-refractivity contribution >= 4 is 28.4 Å². The Bertz CT molecular complexity index is 1450. The fourth-order valence-corrected chi connectivity index (χ4v) is 5.59. The van der Waals surface area contributed by atoms with E-state index in [-0.39, 0.29) is 23.2 Å². The van der Waals surface area contributed by atoms with Crippen molar-refractivity contribution in [2.24, 2.45) is 0 Å². The Hall–Kier alpha value is -3.16. The molecule has 3 heterocycles. The first-order valence-electron chi connectivity index (χ1n) is 12.0. The number of aromatic nitrogens is 3. The van der Waals surface area contributed by atoms with Crippen LogP contribution in [-0.2, 0) is 11.3 Å². The molecule has 1 fully saturated rings. The van der Waals surface area contributed by atoms with E-state index in [1.807, 2.05) is 69.3 Å². The summed E-state index contributed by atoms with van der Waals surface area (Å²) in [4.78, 5) is 31.5. The molecule has 2 aromatic carbocycles. The van der Waals surface area contributed by atoms with E-state index < -0.39 is 0 Å². The van der Waals surface area contributed by atoms with Crippen LogP contribution in [-0.4, -0.2) is 38.4 Å². The minimum atomic E-state index is -0.135. The minimum Gasteiger partial charge on any atom is -0.376 e. The quantitative estimate of drug-likeness (QED) is 0.202. The number of rotatable bonds is 7. The van der Waals surface area contributed by atoms with Gasteiger partial charge in [0.2, 0.25) is 0 Å². The molecule has 5 rings (SSSR count). The average molecular weight is 488 g/mol. The highest BCUT2D eigenvalue weighted by Crippen LogP contribution is 2.25. The van der Waals surface area contributed by atoms with Gasteiger partial charge in [0.05, 0.1) is 28.4 Å². The fraction of sp³-hybridized carbons (Fsp3) is 0.321. The molecule has 0 aliphatic carbocycles. The van der Waals surface area contributed by atoms with Gasteiger partial charge in [-0.25, -0.2) is 4.98 Å². The third-order valence-corrected chi connectivity index (χ3v) is 7.59. The van der Waals surface area contributed by atoms with Gasteiger partial charge in [-0.15, -0.1) is 0 Å². The van der Waals surface area contributed by atoms with E-state index in [1.165, 1.54) is 11.8 Å². The maximum atomic E-state index is 13.4. The first kappa shape index (κ1) is 23.6. The fourth-order valence-electron chi connectivity index (χ4n) is 4.69. The number of carbonyl (C=O) groups is 1. The molecule has 0 N–H and O–H groups in total. The number of carbonyl (C=O) groups excluding carboxylic acids is 1. The molecule has 1 saturated heterocycles. The van der Waals surface area contributed by atoms with Crippen LogP contribution < -0.4 is 5.56 Å². The van der Waals surface area contributed by atoms with Crippen molar-refractivity contribution < 1.29 is 9.53 Å². The Kier molecular flexibility index (Phi) is 6.62. The van der Waals surface area contributed by atoms with Gasteiger partial charge in [-0.2, -0.15) is 0 Å². The maximum absolute atomic E-state index is 13.4. The molecule has 0 saturated carbocycles. The molecule has 0 amide bonds. The lowest BCUT2D eigenvalue weighted by molar-refractivity contribution is 0.0957. The summed E-state index contributed by atoms with van der Waals surface area (Å²) in [6, 6.07) is 17.1. The Morgan fingerprint density at radius 1 is 1.11 bits per heavy atom. The minimum absolute atomic E-state index is 0.0274. The standard InChI is InChI=1S/C28H29N3O3S/c1-18-10-12-21(13-11-18)31-27(33)23-8-4-5-9-25(23)29-28(31)35-17-26(32)24-15-19(2)30(20(24)3)16-22-7-6-14-34-22/h4-5,8-13,15,22H,6-7,14,16-17H2,1-3H3. The van der Waals surface area contributed by atoms with Gasteiger partial charge in [0.1, 0.15) is 0 Å². The lowest BCUT2D eigenvalue weighted by Gasteiger charge is -2.15. The number of aryl methyl sites for hydroxylation is 2. The van der Waals surface area contributed by atoms with Crippen molar-refractivity contribution in [2.45, 2.75) is 51.4 Å². The number of ether oxygens (including phenoxy) is 1. The van der Waals surface area contributed by atoms with Gasteiger partial charge in [0.15, 0.2) is 10.9 Å². The number of thioether (sulfide) groups is 1. The molecule has 1 unspecified atom stereocenters. The summed E-state index contributed by atoms with van der Waals surface area (Å²) < 4.78 is 9.60. The van der Waals surface area contributed by atoms with Crippen LogP contribution in [0, 0.1) is 20.8 Å². The third-order valence-electron chi connectivity index (χ3n) is 6.65. The molecule has 1 atom stereocenters. The van der Waals surface area contributed by atoms with Crippen LogP contribution >= 0.6 is 11.8 Å². The predicted molar refractivity (Wildman–Crippen MR) is 140 cm³/mol. The number of Topliss-reactive ketones (excluding diaryl/α,β-unsaturated/α-hetero) is 1. The van der Waals surface area contributed by atoms with Crippen molar-refractivity contribution in [1.29, 1.82) is 0 Å². The van der Waals surface area contributed by atoms with Crippen LogP contribution in [0.2, 0.25) is 0 Å². The van der Waals surface area contributed by atoms with E-state index in [0.717, 1.165) is 54.2 Å². The Balaban J connectivity index is 1.45. The first-order chi connectivity index (χ1) is 16.9. The second-order valence-corrected chi connectivity index (χ2v) is 10.1. The van der Waals surface area contributed by atoms with Gasteiger partial charge in [0.25, 0.3) is 5.56 Å². The van der Waals surface area contributed by atoms with Gasteiger partial charge >= 0.3 is 0 Å². The normalized spacial score (nSPS) is 15.7. The van der Waals surface area contributed by atoms with Crippen LogP contribution in [0.15, 0.2) is 64.5 Å². The van der Waals surface area contributed by atoms with Crippen molar-refractivity contribution in [3.8, 4) is 5.69 Å². The Morgan fingerprint density at radius 2 is 1.89 bits per heavy atom. The summed E-state index contributed by atoms with van der Waals surface area (Å²) >= 11 is 1.30. The molecule has 7 heteroatoms. The number of benzene rings is 2. The number of fused-ring (bicyclic) bond motifs is 1. The van der Waals surface area contributed by atoms with Crippen LogP contribution in [0.25, 0.3) is 16.6 Å². The molecular weight excluding hydrogens is 458 g/mol. The SMILES string of the molecule is Cc1ccc(-n2c(SCC(=O)c3cc(C)n(CC4CCCO4)c3C)nc3ccccc3c2=O)cc1. The van der Waals surface area contributed by atoms with Crippen LogP contribution in [0.5, 0.6) is 0 Å². The summed E-state index contributed by atoms with van der Waals surface area (Å²) in [5.74, 6) is 0.223. The van der Waals surface area contributed by atoms with Gasteiger partial charge in [-0.05, 0) is 63.9 Å². The van der Waals surface area contributed by atoms with Gasteiger partial charge in [-0.1, -0.05) is 41.6 Å². The molecular formula is C28H29N3O3S. The van der Waals surface area contributed by atoms with E-state index in [2.05, 4.69) is 4.57 Å². The highest BCUT2D eigenvalue weighted by molar-refractivity contribution is 7.99. The highest BCUT2D eigenvalue weighted by Gasteiger charge is 2.22. The number of ketones is 1. The van der Waals surface area contributed by atoms with E-state index in [9.17, 15) is 9.59 Å². The molecule has 0 bridgehead atoms. The van der Waals surface area contributed by atoms with Crippen molar-refractivity contribution in [3.63, 3.8) is 0 Å². The Labute approximate surface area is 208 Å². The van der Waals surface area contributed by atoms with Crippen LogP contribution in [0.1, 0.15) is 40.2 Å². The Morgan fingerprint density at radius 3 is 2.63 bits per heavy atom. The van der Waals surface area contributed by atoms with Crippen molar-refractivity contribution in [1.82, 2.24) is 14.1 Å². The van der Waals surface area contributed by atoms with Gasteiger partial charge in [-0.3, -0.25) is 14.2 Å². The predicted octanol–water partition coefficient (Wildman–Crippen LogP) is 5.27. The average Bonchev–Trinajstić information content (AvgIpc) is 3.47. The molecule has 0 spiro atoms. The lowest BCUT2D eigenvalue weighted by Crippen LogP contribution is -2.22. The number of nitrogens with zero attached hydrogens (tertiary/aromatic N) is 3. The van der Waals surface area contributed by atoms with E-state index in [4.69, 9.17) is 9.72 Å². The van der Waals surface area contributed by atoms with E-state index >= 15 is 0 Å². The largest absolute Gasteiger partial charge is 0.376 e. The zero-order chi connectivity index (χ0) is 24.5. The third kappa shape index (κ3) is 4.70. The first-order valence-corrected chi connectivity index (χ1v) is 12.9. The molecule has 1 aliphatic heterocycles. The monoisotopic (exact) mass is 487 g/mol.